The molecule has 40 heavy (non-hydrogen) atoms. The van der Waals surface area contributed by atoms with Crippen molar-refractivity contribution in [3.05, 3.63) is 101 Å². The van der Waals surface area contributed by atoms with Crippen molar-refractivity contribution in [2.24, 2.45) is 0 Å². The third-order valence-corrected chi connectivity index (χ3v) is 8.31. The maximum Gasteiger partial charge on any atom is 0.301 e. The molecule has 1 aliphatic heterocycles. The van der Waals surface area contributed by atoms with E-state index in [0.717, 1.165) is 11.3 Å². The molecule has 1 aromatic heterocycles. The molecule has 1 unspecified atom stereocenters. The number of amides is 1. The van der Waals surface area contributed by atoms with E-state index < -0.39 is 17.7 Å². The van der Waals surface area contributed by atoms with Gasteiger partial charge in [0.2, 0.25) is 5.13 Å². The van der Waals surface area contributed by atoms with Crippen molar-refractivity contribution in [2.75, 3.05) is 18.6 Å². The molecule has 0 radical (unpaired) electrons. The highest BCUT2D eigenvalue weighted by Crippen LogP contribution is 2.44. The van der Waals surface area contributed by atoms with Crippen LogP contribution in [0.5, 0.6) is 11.5 Å². The van der Waals surface area contributed by atoms with Crippen LogP contribution in [0.1, 0.15) is 29.7 Å². The quantitative estimate of drug-likeness (QED) is 0.0850. The number of thioether (sulfide) groups is 1. The molecule has 2 heterocycles. The number of hydrogen-bond acceptors (Lipinski definition) is 9. The van der Waals surface area contributed by atoms with Crippen LogP contribution in [0.15, 0.2) is 82.7 Å². The van der Waals surface area contributed by atoms with Gasteiger partial charge in [-0.1, -0.05) is 53.4 Å². The second-order valence-corrected chi connectivity index (χ2v) is 10.8. The zero-order valence-electron chi connectivity index (χ0n) is 21.5. The number of nitrogens with zero attached hydrogens (tertiary/aromatic N) is 3. The van der Waals surface area contributed by atoms with E-state index in [-0.39, 0.29) is 22.3 Å². The maximum atomic E-state index is 14.1. The van der Waals surface area contributed by atoms with Crippen molar-refractivity contribution in [2.45, 2.75) is 23.1 Å². The van der Waals surface area contributed by atoms with E-state index in [4.69, 9.17) is 9.47 Å². The molecule has 204 valence electrons. The summed E-state index contributed by atoms with van der Waals surface area (Å²) in [7, 11) is 1.52. The molecular weight excluding hydrogens is 553 g/mol. The zero-order valence-corrected chi connectivity index (χ0v) is 23.2. The van der Waals surface area contributed by atoms with Crippen molar-refractivity contribution >= 4 is 45.7 Å². The first-order chi connectivity index (χ1) is 19.4. The monoisotopic (exact) mass is 577 g/mol. The lowest BCUT2D eigenvalue weighted by atomic mass is 9.95. The molecule has 1 amide bonds. The van der Waals surface area contributed by atoms with Crippen molar-refractivity contribution in [3.63, 3.8) is 0 Å². The van der Waals surface area contributed by atoms with Crippen LogP contribution in [0.4, 0.5) is 9.52 Å². The summed E-state index contributed by atoms with van der Waals surface area (Å²) in [5.74, 6) is -0.899. The summed E-state index contributed by atoms with van der Waals surface area (Å²) < 4.78 is 25.4. The number of ether oxygens (including phenoxy) is 2. The van der Waals surface area contributed by atoms with Gasteiger partial charge in [-0.2, -0.15) is 0 Å². The Kier molecular flexibility index (Phi) is 8.13. The van der Waals surface area contributed by atoms with Crippen LogP contribution in [0.2, 0.25) is 0 Å². The second kappa shape index (κ2) is 11.9. The molecule has 0 bridgehead atoms. The molecule has 5 rings (SSSR count). The van der Waals surface area contributed by atoms with Gasteiger partial charge >= 0.3 is 5.91 Å². The standard InChI is InChI=1S/C29H24FN3O5S2/c1-3-38-21-9-6-8-18(15-21)24-23(25(34)17-11-13-20(37-2)14-12-17)26(35)27(36)33(24)28-31-32-29(40-28)39-16-19-7-4-5-10-22(19)30/h4-15,24,34H,3,16H2,1-2H3/b25-23+. The van der Waals surface area contributed by atoms with E-state index in [2.05, 4.69) is 10.2 Å². The molecule has 3 aromatic carbocycles. The number of carbonyl (C=O) groups is 2. The minimum atomic E-state index is -0.986. The number of halogens is 1. The Balaban J connectivity index is 1.55. The Morgan fingerprint density at radius 3 is 2.55 bits per heavy atom. The molecule has 0 aliphatic carbocycles. The fraction of sp³-hybridized carbons (Fsp3) is 0.172. The summed E-state index contributed by atoms with van der Waals surface area (Å²) in [6.07, 6.45) is 0. The van der Waals surface area contributed by atoms with Crippen molar-refractivity contribution in [1.82, 2.24) is 10.2 Å². The second-order valence-electron chi connectivity index (χ2n) is 8.63. The predicted molar refractivity (Wildman–Crippen MR) is 151 cm³/mol. The number of methoxy groups -OCH3 is 1. The number of aliphatic hydroxyl groups excluding tert-OH is 1. The average Bonchev–Trinajstić information content (AvgIpc) is 3.54. The lowest BCUT2D eigenvalue weighted by Gasteiger charge is -2.23. The molecule has 1 fully saturated rings. The van der Waals surface area contributed by atoms with Crippen molar-refractivity contribution in [1.29, 1.82) is 0 Å². The van der Waals surface area contributed by atoms with Crippen molar-refractivity contribution < 1.29 is 28.6 Å². The van der Waals surface area contributed by atoms with Gasteiger partial charge in [0.15, 0.2) is 4.34 Å². The molecular formula is C29H24FN3O5S2. The van der Waals surface area contributed by atoms with Gasteiger partial charge in [-0.3, -0.25) is 14.5 Å². The van der Waals surface area contributed by atoms with Gasteiger partial charge in [-0.15, -0.1) is 10.2 Å². The Morgan fingerprint density at radius 1 is 1.05 bits per heavy atom. The number of aliphatic hydroxyl groups is 1. The zero-order chi connectivity index (χ0) is 28.2. The van der Waals surface area contributed by atoms with Crippen LogP contribution in [-0.2, 0) is 15.3 Å². The topological polar surface area (TPSA) is 102 Å². The highest BCUT2D eigenvalue weighted by atomic mass is 32.2. The number of ketones is 1. The Labute approximate surface area is 238 Å². The highest BCUT2D eigenvalue weighted by Gasteiger charge is 2.48. The summed E-state index contributed by atoms with van der Waals surface area (Å²) in [5.41, 5.74) is 1.33. The molecule has 1 aliphatic rings. The predicted octanol–water partition coefficient (Wildman–Crippen LogP) is 6.00. The van der Waals surface area contributed by atoms with Crippen LogP contribution < -0.4 is 14.4 Å². The fourth-order valence-electron chi connectivity index (χ4n) is 4.30. The Morgan fingerprint density at radius 2 is 1.82 bits per heavy atom. The summed E-state index contributed by atoms with van der Waals surface area (Å²) >= 11 is 2.38. The van der Waals surface area contributed by atoms with Crippen LogP contribution in [0, 0.1) is 5.82 Å². The number of hydrogen-bond donors (Lipinski definition) is 1. The molecule has 8 nitrogen and oxygen atoms in total. The van der Waals surface area contributed by atoms with E-state index in [1.54, 1.807) is 66.7 Å². The van der Waals surface area contributed by atoms with E-state index in [1.165, 1.54) is 29.8 Å². The molecule has 0 spiro atoms. The molecule has 4 aromatic rings. The first kappa shape index (κ1) is 27.4. The van der Waals surface area contributed by atoms with E-state index in [9.17, 15) is 19.1 Å². The Hall–Kier alpha value is -4.22. The normalized spacial score (nSPS) is 16.4. The summed E-state index contributed by atoms with van der Waals surface area (Å²) in [6.45, 7) is 2.28. The van der Waals surface area contributed by atoms with Gasteiger partial charge in [0.05, 0.1) is 25.3 Å². The maximum absolute atomic E-state index is 14.1. The van der Waals surface area contributed by atoms with Crippen LogP contribution in [-0.4, -0.2) is 40.7 Å². The number of aromatic nitrogens is 2. The molecule has 1 atom stereocenters. The van der Waals surface area contributed by atoms with Gasteiger partial charge in [-0.05, 0) is 60.5 Å². The lowest BCUT2D eigenvalue weighted by molar-refractivity contribution is -0.132. The third-order valence-electron chi connectivity index (χ3n) is 6.20. The van der Waals surface area contributed by atoms with Gasteiger partial charge in [0, 0.05) is 11.3 Å². The number of carbonyl (C=O) groups excluding carboxylic acids is 2. The SMILES string of the molecule is CCOc1cccc(C2/C(=C(\O)c3ccc(OC)cc3)C(=O)C(=O)N2c2nnc(SCc3ccccc3F)s2)c1. The first-order valence-corrected chi connectivity index (χ1v) is 14.1. The van der Waals surface area contributed by atoms with E-state index in [0.29, 0.717) is 44.9 Å². The van der Waals surface area contributed by atoms with E-state index in [1.807, 2.05) is 6.92 Å². The first-order valence-electron chi connectivity index (χ1n) is 12.3. The fourth-order valence-corrected chi connectivity index (χ4v) is 6.16. The molecule has 1 saturated heterocycles. The van der Waals surface area contributed by atoms with Gasteiger partial charge in [0.1, 0.15) is 23.1 Å². The lowest BCUT2D eigenvalue weighted by Crippen LogP contribution is -2.29. The minimum absolute atomic E-state index is 0.0837. The number of benzene rings is 3. The summed E-state index contributed by atoms with van der Waals surface area (Å²) in [6, 6.07) is 19.0. The largest absolute Gasteiger partial charge is 0.507 e. The van der Waals surface area contributed by atoms with Gasteiger partial charge in [0.25, 0.3) is 5.78 Å². The number of anilines is 1. The van der Waals surface area contributed by atoms with Crippen molar-refractivity contribution in [3.8, 4) is 11.5 Å². The van der Waals surface area contributed by atoms with Crippen LogP contribution >= 0.6 is 23.1 Å². The smallest absolute Gasteiger partial charge is 0.301 e. The molecule has 11 heteroatoms. The average molecular weight is 578 g/mol. The summed E-state index contributed by atoms with van der Waals surface area (Å²) in [5, 5.41) is 19.9. The number of rotatable bonds is 9. The molecule has 0 saturated carbocycles. The van der Waals surface area contributed by atoms with Gasteiger partial charge in [-0.25, -0.2) is 4.39 Å². The van der Waals surface area contributed by atoms with Gasteiger partial charge < -0.3 is 14.6 Å². The Bertz CT molecular complexity index is 1590. The van der Waals surface area contributed by atoms with Crippen LogP contribution in [0.3, 0.4) is 0 Å². The highest BCUT2D eigenvalue weighted by molar-refractivity contribution is 8.00. The third kappa shape index (κ3) is 5.43. The van der Waals surface area contributed by atoms with Crippen LogP contribution in [0.25, 0.3) is 5.76 Å². The molecule has 1 N–H and O–H groups in total. The van der Waals surface area contributed by atoms with E-state index >= 15 is 0 Å². The number of Topliss-reactive ketones (excluding diaryl/α,β-unsaturated/α-hetero) is 1. The summed E-state index contributed by atoms with van der Waals surface area (Å²) in [4.78, 5) is 28.1. The minimum Gasteiger partial charge on any atom is -0.507 e.